The highest BCUT2D eigenvalue weighted by Gasteiger charge is 2.27. The van der Waals surface area contributed by atoms with E-state index < -0.39 is 10.0 Å². The van der Waals surface area contributed by atoms with Crippen molar-refractivity contribution in [2.24, 2.45) is 0 Å². The number of amides is 1. The van der Waals surface area contributed by atoms with Crippen LogP contribution in [0.15, 0.2) is 59.5 Å². The highest BCUT2D eigenvalue weighted by atomic mass is 32.2. The number of hydrogen-bond donors (Lipinski definition) is 0. The second kappa shape index (κ2) is 8.75. The average molecular weight is 403 g/mol. The zero-order chi connectivity index (χ0) is 20.1. The quantitative estimate of drug-likeness (QED) is 0.744. The lowest BCUT2D eigenvalue weighted by atomic mass is 10.1. The Morgan fingerprint density at radius 1 is 1.18 bits per heavy atom. The third kappa shape index (κ3) is 4.36. The molecule has 3 rings (SSSR count). The lowest BCUT2D eigenvalue weighted by Crippen LogP contribution is -2.43. The van der Waals surface area contributed by atoms with Crippen molar-refractivity contribution >= 4 is 21.6 Å². The van der Waals surface area contributed by atoms with E-state index in [0.717, 1.165) is 12.8 Å². The molecule has 2 aromatic rings. The summed E-state index contributed by atoms with van der Waals surface area (Å²) < 4.78 is 32.9. The summed E-state index contributed by atoms with van der Waals surface area (Å²) in [5.41, 5.74) is 0.939. The van der Waals surface area contributed by atoms with E-state index in [4.69, 9.17) is 4.74 Å². The largest absolute Gasteiger partial charge is 0.377 e. The van der Waals surface area contributed by atoms with Crippen LogP contribution < -0.4 is 4.31 Å². The SMILES string of the molecule is CCOC1CCCN(C(=O)c2cccc(S(=O)(=O)N(C)c3ccccc3)c2)C1. The van der Waals surface area contributed by atoms with Gasteiger partial charge >= 0.3 is 0 Å². The topological polar surface area (TPSA) is 66.9 Å². The summed E-state index contributed by atoms with van der Waals surface area (Å²) in [5.74, 6) is -0.163. The molecular weight excluding hydrogens is 376 g/mol. The van der Waals surface area contributed by atoms with Crippen LogP contribution in [0.2, 0.25) is 0 Å². The van der Waals surface area contributed by atoms with Crippen molar-refractivity contribution in [1.29, 1.82) is 0 Å². The number of benzene rings is 2. The van der Waals surface area contributed by atoms with Crippen molar-refractivity contribution in [2.75, 3.05) is 31.0 Å². The monoisotopic (exact) mass is 402 g/mol. The van der Waals surface area contributed by atoms with Crippen molar-refractivity contribution in [3.8, 4) is 0 Å². The predicted octanol–water partition coefficient (Wildman–Crippen LogP) is 3.15. The summed E-state index contributed by atoms with van der Waals surface area (Å²) in [6.07, 6.45) is 1.86. The Labute approximate surface area is 166 Å². The Hall–Kier alpha value is -2.38. The predicted molar refractivity (Wildman–Crippen MR) is 109 cm³/mol. The zero-order valence-corrected chi connectivity index (χ0v) is 17.1. The first-order valence-electron chi connectivity index (χ1n) is 9.48. The van der Waals surface area contributed by atoms with Gasteiger partial charge in [0.2, 0.25) is 0 Å². The van der Waals surface area contributed by atoms with E-state index in [-0.39, 0.29) is 16.9 Å². The molecule has 1 aliphatic heterocycles. The van der Waals surface area contributed by atoms with Crippen molar-refractivity contribution in [2.45, 2.75) is 30.8 Å². The fraction of sp³-hybridized carbons (Fsp3) is 0.381. The minimum atomic E-state index is -3.76. The molecule has 150 valence electrons. The van der Waals surface area contributed by atoms with Gasteiger partial charge in [-0.1, -0.05) is 24.3 Å². The number of para-hydroxylation sites is 1. The molecule has 1 amide bonds. The van der Waals surface area contributed by atoms with E-state index in [1.165, 1.54) is 23.5 Å². The molecule has 1 atom stereocenters. The first kappa shape index (κ1) is 20.4. The molecule has 0 bridgehead atoms. The summed E-state index contributed by atoms with van der Waals surface area (Å²) in [6, 6.07) is 15.1. The number of anilines is 1. The van der Waals surface area contributed by atoms with E-state index in [1.54, 1.807) is 41.3 Å². The Morgan fingerprint density at radius 3 is 2.64 bits per heavy atom. The van der Waals surface area contributed by atoms with E-state index in [1.807, 2.05) is 13.0 Å². The summed E-state index contributed by atoms with van der Waals surface area (Å²) in [4.78, 5) is 14.8. The Morgan fingerprint density at radius 2 is 1.93 bits per heavy atom. The van der Waals surface area contributed by atoms with Gasteiger partial charge in [0.05, 0.1) is 16.7 Å². The van der Waals surface area contributed by atoms with E-state index in [2.05, 4.69) is 0 Å². The minimum absolute atomic E-state index is 0.0406. The fourth-order valence-electron chi connectivity index (χ4n) is 3.40. The lowest BCUT2D eigenvalue weighted by Gasteiger charge is -2.32. The molecule has 1 fully saturated rings. The number of rotatable bonds is 6. The van der Waals surface area contributed by atoms with Gasteiger partial charge in [-0.3, -0.25) is 9.10 Å². The zero-order valence-electron chi connectivity index (χ0n) is 16.2. The van der Waals surface area contributed by atoms with Crippen LogP contribution in [0.5, 0.6) is 0 Å². The molecule has 1 unspecified atom stereocenters. The van der Waals surface area contributed by atoms with E-state index in [0.29, 0.717) is 30.9 Å². The van der Waals surface area contributed by atoms with Gasteiger partial charge in [0.25, 0.3) is 15.9 Å². The van der Waals surface area contributed by atoms with Crippen LogP contribution in [0.4, 0.5) is 5.69 Å². The molecule has 0 aromatic heterocycles. The van der Waals surface area contributed by atoms with Gasteiger partial charge in [-0.25, -0.2) is 8.42 Å². The van der Waals surface area contributed by atoms with Crippen LogP contribution in [-0.2, 0) is 14.8 Å². The molecule has 0 saturated carbocycles. The molecule has 0 N–H and O–H groups in total. The molecule has 1 saturated heterocycles. The fourth-order valence-corrected chi connectivity index (χ4v) is 4.64. The Bertz CT molecular complexity index is 913. The first-order chi connectivity index (χ1) is 13.4. The Balaban J connectivity index is 1.82. The summed E-state index contributed by atoms with van der Waals surface area (Å²) >= 11 is 0. The van der Waals surface area contributed by atoms with Crippen molar-refractivity contribution in [3.05, 3.63) is 60.2 Å². The molecule has 0 aliphatic carbocycles. The van der Waals surface area contributed by atoms with Gasteiger partial charge in [0.15, 0.2) is 0 Å². The van der Waals surface area contributed by atoms with E-state index in [9.17, 15) is 13.2 Å². The first-order valence-corrected chi connectivity index (χ1v) is 10.9. The number of piperidine rings is 1. The van der Waals surface area contributed by atoms with Crippen LogP contribution in [0.25, 0.3) is 0 Å². The summed E-state index contributed by atoms with van der Waals surface area (Å²) in [5, 5.41) is 0. The third-order valence-electron chi connectivity index (χ3n) is 4.93. The maximum absolute atomic E-state index is 13.0. The van der Waals surface area contributed by atoms with Gasteiger partial charge in [-0.15, -0.1) is 0 Å². The third-order valence-corrected chi connectivity index (χ3v) is 6.71. The molecule has 1 heterocycles. The van der Waals surface area contributed by atoms with E-state index >= 15 is 0 Å². The summed E-state index contributed by atoms with van der Waals surface area (Å²) in [6.45, 7) is 3.75. The maximum atomic E-state index is 13.0. The highest BCUT2D eigenvalue weighted by molar-refractivity contribution is 7.92. The van der Waals surface area contributed by atoms with Crippen LogP contribution >= 0.6 is 0 Å². The Kier molecular flexibility index (Phi) is 6.36. The van der Waals surface area contributed by atoms with Crippen LogP contribution in [0, 0.1) is 0 Å². The van der Waals surface area contributed by atoms with Gasteiger partial charge < -0.3 is 9.64 Å². The number of likely N-dealkylation sites (tertiary alicyclic amines) is 1. The van der Waals surface area contributed by atoms with Gasteiger partial charge in [-0.05, 0) is 50.1 Å². The highest BCUT2D eigenvalue weighted by Crippen LogP contribution is 2.23. The molecule has 28 heavy (non-hydrogen) atoms. The number of hydrogen-bond acceptors (Lipinski definition) is 4. The maximum Gasteiger partial charge on any atom is 0.264 e. The van der Waals surface area contributed by atoms with Crippen LogP contribution in [-0.4, -0.2) is 52.1 Å². The van der Waals surface area contributed by atoms with Crippen LogP contribution in [0.1, 0.15) is 30.1 Å². The van der Waals surface area contributed by atoms with Gasteiger partial charge in [0, 0.05) is 32.3 Å². The lowest BCUT2D eigenvalue weighted by molar-refractivity contribution is 0.00723. The number of carbonyl (C=O) groups excluding carboxylic acids is 1. The average Bonchev–Trinajstić information content (AvgIpc) is 2.74. The van der Waals surface area contributed by atoms with Crippen molar-refractivity contribution in [1.82, 2.24) is 4.90 Å². The normalized spacial score (nSPS) is 17.4. The number of carbonyl (C=O) groups is 1. The molecule has 1 aliphatic rings. The summed E-state index contributed by atoms with van der Waals surface area (Å²) in [7, 11) is -2.25. The molecule has 0 radical (unpaired) electrons. The second-order valence-corrected chi connectivity index (χ2v) is 8.78. The second-order valence-electron chi connectivity index (χ2n) is 6.81. The van der Waals surface area contributed by atoms with Crippen molar-refractivity contribution in [3.63, 3.8) is 0 Å². The molecule has 0 spiro atoms. The number of nitrogens with zero attached hydrogens (tertiary/aromatic N) is 2. The molecule has 7 heteroatoms. The molecule has 6 nitrogen and oxygen atoms in total. The minimum Gasteiger partial charge on any atom is -0.377 e. The van der Waals surface area contributed by atoms with Crippen molar-refractivity contribution < 1.29 is 17.9 Å². The van der Waals surface area contributed by atoms with Gasteiger partial charge in [-0.2, -0.15) is 0 Å². The smallest absolute Gasteiger partial charge is 0.264 e. The van der Waals surface area contributed by atoms with Gasteiger partial charge in [0.1, 0.15) is 0 Å². The molecule has 2 aromatic carbocycles. The standard InChI is InChI=1S/C21H26N2O4S/c1-3-27-19-12-8-14-23(16-19)21(24)17-9-7-13-20(15-17)28(25,26)22(2)18-10-5-4-6-11-18/h4-7,9-11,13,15,19H,3,8,12,14,16H2,1-2H3. The number of sulfonamides is 1. The van der Waals surface area contributed by atoms with Crippen LogP contribution in [0.3, 0.4) is 0 Å². The molecular formula is C21H26N2O4S. The number of ether oxygens (including phenoxy) is 1.